The largest absolute Gasteiger partial charge is 0.490 e. The van der Waals surface area contributed by atoms with Crippen LogP contribution in [0.4, 0.5) is 5.95 Å². The standard InChI is InChI=1S/C23H23ClN4O3/c1-4-30-20-11-17(7-10-19(20)31-12-16-5-8-18(24)9-6-16)22-21(15(3)29)14(2)27-23-25-13-26-28(22)23/h5-11,13,22H,4,12H2,1-3H3,(H,25,26,27). The van der Waals surface area contributed by atoms with Crippen LogP contribution in [0.15, 0.2) is 60.1 Å². The van der Waals surface area contributed by atoms with Crippen molar-refractivity contribution in [1.29, 1.82) is 0 Å². The number of halogens is 1. The van der Waals surface area contributed by atoms with Gasteiger partial charge in [0.25, 0.3) is 0 Å². The number of hydrogen-bond acceptors (Lipinski definition) is 6. The molecule has 1 N–H and O–H groups in total. The number of anilines is 1. The van der Waals surface area contributed by atoms with Gasteiger partial charge in [0.1, 0.15) is 19.0 Å². The van der Waals surface area contributed by atoms with Crippen LogP contribution in [-0.2, 0) is 11.4 Å². The fraction of sp³-hybridized carbons (Fsp3) is 0.261. The molecule has 0 amide bonds. The molecule has 1 atom stereocenters. The van der Waals surface area contributed by atoms with Gasteiger partial charge in [-0.15, -0.1) is 0 Å². The van der Waals surface area contributed by atoms with Crippen molar-refractivity contribution in [1.82, 2.24) is 14.8 Å². The van der Waals surface area contributed by atoms with Gasteiger partial charge in [0.2, 0.25) is 5.95 Å². The predicted molar refractivity (Wildman–Crippen MR) is 119 cm³/mol. The van der Waals surface area contributed by atoms with Gasteiger partial charge >= 0.3 is 0 Å². The Hall–Kier alpha value is -3.32. The average Bonchev–Trinajstić information content (AvgIpc) is 3.21. The summed E-state index contributed by atoms with van der Waals surface area (Å²) < 4.78 is 13.6. The number of ether oxygens (including phenoxy) is 2. The minimum absolute atomic E-state index is 0.0304. The van der Waals surface area contributed by atoms with E-state index < -0.39 is 6.04 Å². The summed E-state index contributed by atoms with van der Waals surface area (Å²) in [5.41, 5.74) is 3.26. The third-order valence-corrected chi connectivity index (χ3v) is 5.32. The summed E-state index contributed by atoms with van der Waals surface area (Å²) in [7, 11) is 0. The van der Waals surface area contributed by atoms with Crippen LogP contribution in [0.1, 0.15) is 37.9 Å². The van der Waals surface area contributed by atoms with E-state index in [0.29, 0.717) is 41.3 Å². The highest BCUT2D eigenvalue weighted by atomic mass is 35.5. The first-order valence-electron chi connectivity index (χ1n) is 10.00. The number of allylic oxidation sites excluding steroid dienone is 2. The lowest BCUT2D eigenvalue weighted by Crippen LogP contribution is -2.27. The number of Topliss-reactive ketones (excluding diaryl/α,β-unsaturated/α-hetero) is 1. The third-order valence-electron chi connectivity index (χ3n) is 5.06. The van der Waals surface area contributed by atoms with E-state index in [1.807, 2.05) is 56.3 Å². The molecule has 8 heteroatoms. The van der Waals surface area contributed by atoms with Gasteiger partial charge < -0.3 is 14.8 Å². The topological polar surface area (TPSA) is 78.3 Å². The number of hydrogen-bond donors (Lipinski definition) is 1. The maximum absolute atomic E-state index is 12.5. The van der Waals surface area contributed by atoms with Gasteiger partial charge in [0, 0.05) is 16.3 Å². The summed E-state index contributed by atoms with van der Waals surface area (Å²) in [4.78, 5) is 16.7. The summed E-state index contributed by atoms with van der Waals surface area (Å²) >= 11 is 5.95. The number of aromatic nitrogens is 3. The molecule has 1 unspecified atom stereocenters. The van der Waals surface area contributed by atoms with Gasteiger partial charge in [-0.25, -0.2) is 4.68 Å². The van der Waals surface area contributed by atoms with E-state index in [9.17, 15) is 4.79 Å². The maximum atomic E-state index is 12.5. The zero-order chi connectivity index (χ0) is 22.0. The van der Waals surface area contributed by atoms with Gasteiger partial charge in [-0.3, -0.25) is 4.79 Å². The number of rotatable bonds is 7. The van der Waals surface area contributed by atoms with Crippen LogP contribution in [0.3, 0.4) is 0 Å². The molecular formula is C23H23ClN4O3. The quantitative estimate of drug-likeness (QED) is 0.571. The van der Waals surface area contributed by atoms with Crippen molar-refractivity contribution < 1.29 is 14.3 Å². The summed E-state index contributed by atoms with van der Waals surface area (Å²) in [5.74, 6) is 1.79. The van der Waals surface area contributed by atoms with Crippen LogP contribution in [0, 0.1) is 0 Å². The van der Waals surface area contributed by atoms with Crippen molar-refractivity contribution in [3.63, 3.8) is 0 Å². The minimum atomic E-state index is -0.402. The number of fused-ring (bicyclic) bond motifs is 1. The fourth-order valence-corrected chi connectivity index (χ4v) is 3.81. The Bertz CT molecular complexity index is 1140. The zero-order valence-corrected chi connectivity index (χ0v) is 18.3. The number of carbonyl (C=O) groups excluding carboxylic acids is 1. The monoisotopic (exact) mass is 438 g/mol. The van der Waals surface area contributed by atoms with E-state index in [1.54, 1.807) is 11.6 Å². The van der Waals surface area contributed by atoms with E-state index in [2.05, 4.69) is 15.4 Å². The molecule has 2 heterocycles. The Kier molecular flexibility index (Phi) is 5.95. The van der Waals surface area contributed by atoms with Crippen LogP contribution in [0.2, 0.25) is 5.02 Å². The van der Waals surface area contributed by atoms with Crippen LogP contribution < -0.4 is 14.8 Å². The highest BCUT2D eigenvalue weighted by Crippen LogP contribution is 2.39. The molecule has 1 aliphatic heterocycles. The molecule has 0 bridgehead atoms. The Morgan fingerprint density at radius 3 is 2.65 bits per heavy atom. The lowest BCUT2D eigenvalue weighted by Gasteiger charge is -2.28. The molecule has 0 spiro atoms. The van der Waals surface area contributed by atoms with Crippen molar-refractivity contribution in [3.05, 3.63) is 76.2 Å². The first kappa shape index (κ1) is 20.9. The lowest BCUT2D eigenvalue weighted by molar-refractivity contribution is -0.114. The van der Waals surface area contributed by atoms with Crippen LogP contribution in [-0.4, -0.2) is 27.2 Å². The van der Waals surface area contributed by atoms with Crippen molar-refractivity contribution in [2.45, 2.75) is 33.4 Å². The van der Waals surface area contributed by atoms with Gasteiger partial charge in [-0.1, -0.05) is 29.8 Å². The first-order valence-corrected chi connectivity index (χ1v) is 10.4. The molecule has 2 aromatic carbocycles. The maximum Gasteiger partial charge on any atom is 0.226 e. The van der Waals surface area contributed by atoms with Gasteiger partial charge in [0.15, 0.2) is 17.3 Å². The Balaban J connectivity index is 1.68. The molecule has 0 saturated carbocycles. The second kappa shape index (κ2) is 8.81. The molecule has 7 nitrogen and oxygen atoms in total. The van der Waals surface area contributed by atoms with Crippen LogP contribution >= 0.6 is 11.6 Å². The summed E-state index contributed by atoms with van der Waals surface area (Å²) in [5, 5.41) is 8.17. The molecule has 1 aliphatic rings. The molecule has 0 radical (unpaired) electrons. The SMILES string of the molecule is CCOc1cc(C2C(C(C)=O)=C(C)Nc3ncnn32)ccc1OCc1ccc(Cl)cc1. The van der Waals surface area contributed by atoms with Crippen LogP contribution in [0.5, 0.6) is 11.5 Å². The Labute approximate surface area is 185 Å². The summed E-state index contributed by atoms with van der Waals surface area (Å²) in [6.45, 7) is 6.21. The predicted octanol–water partition coefficient (Wildman–Crippen LogP) is 4.79. The number of nitrogens with zero attached hydrogens (tertiary/aromatic N) is 3. The zero-order valence-electron chi connectivity index (χ0n) is 17.6. The average molecular weight is 439 g/mol. The molecule has 4 rings (SSSR count). The summed E-state index contributed by atoms with van der Waals surface area (Å²) in [6, 6.07) is 12.8. The third kappa shape index (κ3) is 4.27. The number of carbonyl (C=O) groups is 1. The molecule has 160 valence electrons. The van der Waals surface area contributed by atoms with Gasteiger partial charge in [-0.05, 0) is 56.2 Å². The number of benzene rings is 2. The molecule has 0 saturated heterocycles. The fourth-order valence-electron chi connectivity index (χ4n) is 3.68. The van der Waals surface area contributed by atoms with Crippen molar-refractivity contribution in [3.8, 4) is 11.5 Å². The second-order valence-corrected chi connectivity index (χ2v) is 7.64. The Morgan fingerprint density at radius 2 is 1.94 bits per heavy atom. The van der Waals surface area contributed by atoms with E-state index in [0.717, 1.165) is 16.8 Å². The highest BCUT2D eigenvalue weighted by Gasteiger charge is 2.32. The smallest absolute Gasteiger partial charge is 0.226 e. The van der Waals surface area contributed by atoms with E-state index in [1.165, 1.54) is 6.33 Å². The first-order chi connectivity index (χ1) is 15.0. The molecule has 3 aromatic rings. The lowest BCUT2D eigenvalue weighted by atomic mass is 9.93. The molecule has 0 aliphatic carbocycles. The second-order valence-electron chi connectivity index (χ2n) is 7.20. The van der Waals surface area contributed by atoms with E-state index in [-0.39, 0.29) is 5.78 Å². The molecule has 0 fully saturated rings. The Morgan fingerprint density at radius 1 is 1.16 bits per heavy atom. The highest BCUT2D eigenvalue weighted by molar-refractivity contribution is 6.30. The van der Waals surface area contributed by atoms with Crippen molar-refractivity contribution in [2.75, 3.05) is 11.9 Å². The molecular weight excluding hydrogens is 416 g/mol. The van der Waals surface area contributed by atoms with E-state index >= 15 is 0 Å². The number of nitrogens with one attached hydrogen (secondary N) is 1. The molecule has 1 aromatic heterocycles. The molecule has 31 heavy (non-hydrogen) atoms. The van der Waals surface area contributed by atoms with E-state index in [4.69, 9.17) is 21.1 Å². The minimum Gasteiger partial charge on any atom is -0.490 e. The van der Waals surface area contributed by atoms with Crippen LogP contribution in [0.25, 0.3) is 0 Å². The summed E-state index contributed by atoms with van der Waals surface area (Å²) in [6.07, 6.45) is 1.47. The van der Waals surface area contributed by atoms with Crippen molar-refractivity contribution >= 4 is 23.3 Å². The van der Waals surface area contributed by atoms with Gasteiger partial charge in [0.05, 0.1) is 6.61 Å². The normalized spacial score (nSPS) is 15.3. The van der Waals surface area contributed by atoms with Crippen molar-refractivity contribution in [2.24, 2.45) is 0 Å². The number of ketones is 1. The van der Waals surface area contributed by atoms with Gasteiger partial charge in [-0.2, -0.15) is 10.1 Å².